The van der Waals surface area contributed by atoms with Gasteiger partial charge in [-0.25, -0.2) is 0 Å². The Labute approximate surface area is 112 Å². The number of carbonyl (C=O) groups excluding carboxylic acids is 2. The van der Waals surface area contributed by atoms with E-state index in [1.165, 1.54) is 6.92 Å². The van der Waals surface area contributed by atoms with E-state index < -0.39 is 5.92 Å². The molecule has 0 spiro atoms. The van der Waals surface area contributed by atoms with E-state index in [-0.39, 0.29) is 18.0 Å². The third-order valence-corrected chi connectivity index (χ3v) is 2.99. The number of carbonyl (C=O) groups is 2. The fourth-order valence-electron chi connectivity index (χ4n) is 2.10. The lowest BCUT2D eigenvalue weighted by Gasteiger charge is -2.12. The van der Waals surface area contributed by atoms with Crippen molar-refractivity contribution in [3.8, 4) is 0 Å². The monoisotopic (exact) mass is 253 g/mol. The second-order valence-corrected chi connectivity index (χ2v) is 4.45. The zero-order valence-electron chi connectivity index (χ0n) is 10.7. The summed E-state index contributed by atoms with van der Waals surface area (Å²) in [5.41, 5.74) is 1.64. The second-order valence-electron chi connectivity index (χ2n) is 4.45. The fourth-order valence-corrected chi connectivity index (χ4v) is 2.10. The minimum atomic E-state index is -0.691. The summed E-state index contributed by atoms with van der Waals surface area (Å²) >= 11 is 0. The molecule has 1 unspecified atom stereocenters. The van der Waals surface area contributed by atoms with Gasteiger partial charge in [0.25, 0.3) is 0 Å². The summed E-state index contributed by atoms with van der Waals surface area (Å²) in [5.74, 6) is -0.903. The lowest BCUT2D eigenvalue weighted by atomic mass is 9.89. The Morgan fingerprint density at radius 3 is 2.26 bits per heavy atom. The zero-order valence-corrected chi connectivity index (χ0v) is 10.7. The van der Waals surface area contributed by atoms with Gasteiger partial charge in [-0.1, -0.05) is 30.3 Å². The van der Waals surface area contributed by atoms with Crippen LogP contribution in [0.3, 0.4) is 0 Å². The number of ketones is 2. The summed E-state index contributed by atoms with van der Waals surface area (Å²) in [6.45, 7) is 1.45. The molecule has 1 atom stereocenters. The molecule has 2 rings (SSSR count). The van der Waals surface area contributed by atoms with Gasteiger partial charge in [0.05, 0.1) is 0 Å². The van der Waals surface area contributed by atoms with Crippen LogP contribution in [0.2, 0.25) is 0 Å². The molecule has 96 valence electrons. The standard InChI is InChI=1S/C16H15NO2/c1-12(18)16(14-7-9-17-10-8-14)15(19)11-13-5-3-2-4-6-13/h2-10,16H,11H2,1H3. The number of benzene rings is 1. The number of nitrogens with zero attached hydrogens (tertiary/aromatic N) is 1. The number of hydrogen-bond donors (Lipinski definition) is 0. The van der Waals surface area contributed by atoms with Crippen molar-refractivity contribution in [3.63, 3.8) is 0 Å². The lowest BCUT2D eigenvalue weighted by molar-refractivity contribution is -0.127. The predicted octanol–water partition coefficient (Wildman–Crippen LogP) is 2.57. The number of hydrogen-bond acceptors (Lipinski definition) is 3. The summed E-state index contributed by atoms with van der Waals surface area (Å²) < 4.78 is 0. The molecule has 0 fully saturated rings. The van der Waals surface area contributed by atoms with Crippen LogP contribution in [0.5, 0.6) is 0 Å². The molecule has 0 amide bonds. The molecule has 3 nitrogen and oxygen atoms in total. The summed E-state index contributed by atoms with van der Waals surface area (Å²) in [6.07, 6.45) is 3.47. The van der Waals surface area contributed by atoms with Crippen LogP contribution in [-0.2, 0) is 16.0 Å². The molecule has 2 aromatic rings. The first-order valence-electron chi connectivity index (χ1n) is 6.15. The second kappa shape index (κ2) is 6.05. The molecule has 0 aliphatic heterocycles. The maximum absolute atomic E-state index is 12.3. The van der Waals surface area contributed by atoms with E-state index in [0.29, 0.717) is 5.56 Å². The van der Waals surface area contributed by atoms with Crippen LogP contribution in [0.4, 0.5) is 0 Å². The predicted molar refractivity (Wildman–Crippen MR) is 72.8 cm³/mol. The van der Waals surface area contributed by atoms with Gasteiger partial charge in [0.2, 0.25) is 0 Å². The van der Waals surface area contributed by atoms with Gasteiger partial charge in [0.15, 0.2) is 5.78 Å². The van der Waals surface area contributed by atoms with Gasteiger partial charge in [-0.3, -0.25) is 14.6 Å². The molecule has 0 aliphatic rings. The van der Waals surface area contributed by atoms with Crippen molar-refractivity contribution in [2.75, 3.05) is 0 Å². The first-order chi connectivity index (χ1) is 9.18. The van der Waals surface area contributed by atoms with Crippen LogP contribution >= 0.6 is 0 Å². The molecular formula is C16H15NO2. The van der Waals surface area contributed by atoms with Gasteiger partial charge in [-0.05, 0) is 30.2 Å². The zero-order chi connectivity index (χ0) is 13.7. The highest BCUT2D eigenvalue weighted by atomic mass is 16.1. The highest BCUT2D eigenvalue weighted by Crippen LogP contribution is 2.19. The molecule has 19 heavy (non-hydrogen) atoms. The Morgan fingerprint density at radius 1 is 1.05 bits per heavy atom. The first-order valence-corrected chi connectivity index (χ1v) is 6.15. The van der Waals surface area contributed by atoms with E-state index in [1.807, 2.05) is 30.3 Å². The Kier molecular flexibility index (Phi) is 4.18. The van der Waals surface area contributed by atoms with Crippen molar-refractivity contribution in [2.24, 2.45) is 0 Å². The van der Waals surface area contributed by atoms with Crippen LogP contribution in [-0.4, -0.2) is 16.6 Å². The number of Topliss-reactive ketones (excluding diaryl/α,β-unsaturated/α-hetero) is 2. The van der Waals surface area contributed by atoms with Crippen LogP contribution in [0.1, 0.15) is 24.0 Å². The van der Waals surface area contributed by atoms with Crippen molar-refractivity contribution in [3.05, 3.63) is 66.0 Å². The Hall–Kier alpha value is -2.29. The molecule has 1 aromatic heterocycles. The molecular weight excluding hydrogens is 238 g/mol. The van der Waals surface area contributed by atoms with Crippen LogP contribution in [0, 0.1) is 0 Å². The van der Waals surface area contributed by atoms with Crippen molar-refractivity contribution in [2.45, 2.75) is 19.3 Å². The maximum Gasteiger partial charge on any atom is 0.152 e. The SMILES string of the molecule is CC(=O)C(C(=O)Cc1ccccc1)c1ccncc1. The van der Waals surface area contributed by atoms with E-state index in [2.05, 4.69) is 4.98 Å². The minimum absolute atomic E-state index is 0.0788. The van der Waals surface area contributed by atoms with Gasteiger partial charge < -0.3 is 0 Å². The number of aromatic nitrogens is 1. The third kappa shape index (κ3) is 3.35. The van der Waals surface area contributed by atoms with Crippen LogP contribution in [0.15, 0.2) is 54.9 Å². The summed E-state index contributed by atoms with van der Waals surface area (Å²) in [5, 5.41) is 0. The van der Waals surface area contributed by atoms with Crippen molar-refractivity contribution in [1.29, 1.82) is 0 Å². The molecule has 1 heterocycles. The first kappa shape index (κ1) is 13.1. The Morgan fingerprint density at radius 2 is 1.68 bits per heavy atom. The lowest BCUT2D eigenvalue weighted by Crippen LogP contribution is -2.21. The van der Waals surface area contributed by atoms with E-state index >= 15 is 0 Å². The van der Waals surface area contributed by atoms with Gasteiger partial charge in [-0.2, -0.15) is 0 Å². The summed E-state index contributed by atoms with van der Waals surface area (Å²) in [7, 11) is 0. The number of rotatable bonds is 5. The van der Waals surface area contributed by atoms with E-state index in [9.17, 15) is 9.59 Å². The average molecular weight is 253 g/mol. The molecule has 1 aromatic carbocycles. The minimum Gasteiger partial charge on any atom is -0.299 e. The molecule has 0 saturated heterocycles. The molecule has 0 N–H and O–H groups in total. The van der Waals surface area contributed by atoms with E-state index in [4.69, 9.17) is 0 Å². The van der Waals surface area contributed by atoms with Gasteiger partial charge in [0.1, 0.15) is 11.7 Å². The van der Waals surface area contributed by atoms with Crippen LogP contribution in [0.25, 0.3) is 0 Å². The Bertz CT molecular complexity index is 564. The average Bonchev–Trinajstić information content (AvgIpc) is 2.40. The highest BCUT2D eigenvalue weighted by Gasteiger charge is 2.24. The topological polar surface area (TPSA) is 47.0 Å². The smallest absolute Gasteiger partial charge is 0.152 e. The van der Waals surface area contributed by atoms with Gasteiger partial charge in [-0.15, -0.1) is 0 Å². The molecule has 0 bridgehead atoms. The van der Waals surface area contributed by atoms with Crippen molar-refractivity contribution in [1.82, 2.24) is 4.98 Å². The molecule has 0 aliphatic carbocycles. The summed E-state index contributed by atoms with van der Waals surface area (Å²) in [4.78, 5) is 28.0. The Balaban J connectivity index is 2.21. The fraction of sp³-hybridized carbons (Fsp3) is 0.188. The highest BCUT2D eigenvalue weighted by molar-refractivity contribution is 6.07. The maximum atomic E-state index is 12.3. The number of pyridine rings is 1. The van der Waals surface area contributed by atoms with Crippen LogP contribution < -0.4 is 0 Å². The summed E-state index contributed by atoms with van der Waals surface area (Å²) in [6, 6.07) is 12.9. The van der Waals surface area contributed by atoms with Gasteiger partial charge in [0, 0.05) is 18.8 Å². The molecule has 0 saturated carbocycles. The van der Waals surface area contributed by atoms with E-state index in [0.717, 1.165) is 5.56 Å². The third-order valence-electron chi connectivity index (χ3n) is 2.99. The van der Waals surface area contributed by atoms with E-state index in [1.54, 1.807) is 24.5 Å². The quantitative estimate of drug-likeness (QED) is 0.769. The normalized spacial score (nSPS) is 11.8. The molecule has 0 radical (unpaired) electrons. The van der Waals surface area contributed by atoms with Gasteiger partial charge >= 0.3 is 0 Å². The largest absolute Gasteiger partial charge is 0.299 e. The molecule has 3 heteroatoms. The van der Waals surface area contributed by atoms with Crippen molar-refractivity contribution >= 4 is 11.6 Å². The van der Waals surface area contributed by atoms with Crippen molar-refractivity contribution < 1.29 is 9.59 Å².